The van der Waals surface area contributed by atoms with Crippen molar-refractivity contribution in [1.29, 1.82) is 0 Å². The number of hydrogen-bond donors (Lipinski definition) is 0. The molecule has 4 heterocycles. The fourth-order valence-corrected chi connectivity index (χ4v) is 9.70. The van der Waals surface area contributed by atoms with Gasteiger partial charge in [-0.3, -0.25) is 4.90 Å². The summed E-state index contributed by atoms with van der Waals surface area (Å²) in [7, 11) is 0. The number of pyridine rings is 1. The fraction of sp³-hybridized carbons (Fsp3) is 0.0962. The number of thiophene rings is 1. The molecule has 0 bridgehead atoms. The summed E-state index contributed by atoms with van der Waals surface area (Å²) in [5, 5.41) is 2.61. The number of hydrogen-bond acceptors (Lipinski definition) is 6. The molecule has 2 aromatic heterocycles. The molecule has 5 nitrogen and oxygen atoms in total. The molecular formula is C52H40N4OS. The number of fused-ring (bicyclic) bond motifs is 9. The van der Waals surface area contributed by atoms with Crippen LogP contribution in [0, 0.1) is 0 Å². The molecule has 0 unspecified atom stereocenters. The Bertz CT molecular complexity index is 3050. The first-order valence-corrected chi connectivity index (χ1v) is 20.6. The first-order valence-electron chi connectivity index (χ1n) is 19.8. The lowest BCUT2D eigenvalue weighted by atomic mass is 9.87. The van der Waals surface area contributed by atoms with Crippen LogP contribution in [-0.2, 0) is 5.41 Å². The molecule has 0 saturated heterocycles. The number of nitrogens with zero attached hydrogens (tertiary/aromatic N) is 4. The highest BCUT2D eigenvalue weighted by Gasteiger charge is 2.30. The topological polar surface area (TPSA) is 31.8 Å². The zero-order valence-electron chi connectivity index (χ0n) is 32.6. The van der Waals surface area contributed by atoms with E-state index in [1.165, 1.54) is 48.2 Å². The third kappa shape index (κ3) is 5.71. The number of para-hydroxylation sites is 3. The molecule has 0 amide bonds. The molecule has 58 heavy (non-hydrogen) atoms. The zero-order chi connectivity index (χ0) is 39.0. The molecule has 0 spiro atoms. The number of rotatable bonds is 5. The molecule has 6 heteroatoms. The molecule has 280 valence electrons. The van der Waals surface area contributed by atoms with Gasteiger partial charge in [0.05, 0.1) is 22.7 Å². The predicted molar refractivity (Wildman–Crippen MR) is 243 cm³/mol. The fourth-order valence-electron chi connectivity index (χ4n) is 8.61. The summed E-state index contributed by atoms with van der Waals surface area (Å²) in [6, 6.07) is 60.8. The Morgan fingerprint density at radius 1 is 0.500 bits per heavy atom. The van der Waals surface area contributed by atoms with Gasteiger partial charge in [-0.1, -0.05) is 99.6 Å². The van der Waals surface area contributed by atoms with Gasteiger partial charge in [-0.2, -0.15) is 0 Å². The van der Waals surface area contributed by atoms with Gasteiger partial charge in [-0.15, -0.1) is 11.3 Å². The van der Waals surface area contributed by atoms with E-state index in [0.717, 1.165) is 51.2 Å². The van der Waals surface area contributed by atoms with Crippen molar-refractivity contribution in [3.8, 4) is 33.8 Å². The maximum atomic E-state index is 6.82. The maximum absolute atomic E-state index is 6.82. The SMILES string of the molecule is CC(C)(C)c1ccnc(N2c3ccccc3-c3ccccc3-c3ccc(Oc4cccc(N5CN(c6ccc7sc8ccccc8c7c6)c6ccccc65)c4)cc32)c1. The highest BCUT2D eigenvalue weighted by Crippen LogP contribution is 2.52. The Morgan fingerprint density at radius 2 is 1.14 bits per heavy atom. The van der Waals surface area contributed by atoms with E-state index in [1.54, 1.807) is 0 Å². The molecule has 0 fully saturated rings. The number of benzene rings is 7. The summed E-state index contributed by atoms with van der Waals surface area (Å²) >= 11 is 1.85. The van der Waals surface area contributed by atoms with Gasteiger partial charge in [0.2, 0.25) is 0 Å². The van der Waals surface area contributed by atoms with Gasteiger partial charge >= 0.3 is 0 Å². The normalized spacial score (nSPS) is 13.3. The summed E-state index contributed by atoms with van der Waals surface area (Å²) < 4.78 is 9.44. The number of ether oxygens (including phenoxy) is 1. The Labute approximate surface area is 342 Å². The molecule has 0 saturated carbocycles. The molecule has 0 aliphatic carbocycles. The van der Waals surface area contributed by atoms with Crippen LogP contribution < -0.4 is 19.4 Å². The molecule has 2 aliphatic rings. The first kappa shape index (κ1) is 34.4. The molecule has 0 N–H and O–H groups in total. The Hall–Kier alpha value is -6.89. The second-order valence-electron chi connectivity index (χ2n) is 16.1. The highest BCUT2D eigenvalue weighted by molar-refractivity contribution is 7.25. The van der Waals surface area contributed by atoms with Crippen LogP contribution in [-0.4, -0.2) is 11.7 Å². The van der Waals surface area contributed by atoms with Crippen LogP contribution in [0.1, 0.15) is 26.3 Å². The first-order chi connectivity index (χ1) is 28.4. The van der Waals surface area contributed by atoms with Crippen LogP contribution in [0.15, 0.2) is 176 Å². The predicted octanol–water partition coefficient (Wildman–Crippen LogP) is 14.9. The van der Waals surface area contributed by atoms with E-state index < -0.39 is 0 Å². The number of aromatic nitrogens is 1. The van der Waals surface area contributed by atoms with E-state index in [4.69, 9.17) is 9.72 Å². The smallest absolute Gasteiger partial charge is 0.137 e. The Morgan fingerprint density at radius 3 is 1.91 bits per heavy atom. The van der Waals surface area contributed by atoms with Crippen molar-refractivity contribution in [1.82, 2.24) is 4.98 Å². The lowest BCUT2D eigenvalue weighted by Crippen LogP contribution is -2.23. The van der Waals surface area contributed by atoms with Gasteiger partial charge in [0, 0.05) is 61.0 Å². The second kappa shape index (κ2) is 13.4. The molecular weight excluding hydrogens is 729 g/mol. The third-order valence-electron chi connectivity index (χ3n) is 11.5. The van der Waals surface area contributed by atoms with E-state index in [0.29, 0.717) is 6.67 Å². The molecule has 2 aliphatic heterocycles. The zero-order valence-corrected chi connectivity index (χ0v) is 33.4. The molecule has 0 radical (unpaired) electrons. The highest BCUT2D eigenvalue weighted by atomic mass is 32.1. The average molecular weight is 769 g/mol. The van der Waals surface area contributed by atoms with Gasteiger partial charge in [0.25, 0.3) is 0 Å². The number of anilines is 7. The van der Waals surface area contributed by atoms with Crippen molar-refractivity contribution in [3.63, 3.8) is 0 Å². The minimum Gasteiger partial charge on any atom is -0.457 e. The Balaban J connectivity index is 0.970. The molecule has 7 aromatic carbocycles. The van der Waals surface area contributed by atoms with Gasteiger partial charge in [0.15, 0.2) is 0 Å². The van der Waals surface area contributed by atoms with Crippen molar-refractivity contribution in [3.05, 3.63) is 182 Å². The molecule has 0 atom stereocenters. The summed E-state index contributed by atoms with van der Waals surface area (Å²) in [4.78, 5) is 12.1. The van der Waals surface area contributed by atoms with Crippen molar-refractivity contribution in [2.45, 2.75) is 26.2 Å². The largest absolute Gasteiger partial charge is 0.457 e. The standard InChI is InChI=1S/C52H40N4OS/c1-52(2,3)34-27-28-53-51(29-34)56-45-19-8-6-17-41(45)39-15-4-5-16-40(39)42-25-24-38(32-48(42)56)57-37-14-12-13-35(30-37)54-33-55(47-21-10-9-20-46(47)54)36-23-26-50-44(31-36)43-18-7-11-22-49(43)58-50/h4-32H,33H2,1-3H3. The van der Waals surface area contributed by atoms with Crippen LogP contribution in [0.25, 0.3) is 42.4 Å². The second-order valence-corrected chi connectivity index (χ2v) is 17.2. The van der Waals surface area contributed by atoms with Crippen molar-refractivity contribution >= 4 is 71.5 Å². The maximum Gasteiger partial charge on any atom is 0.137 e. The molecule has 9 aromatic rings. The van der Waals surface area contributed by atoms with Gasteiger partial charge in [-0.25, -0.2) is 4.98 Å². The van der Waals surface area contributed by atoms with Crippen LogP contribution >= 0.6 is 11.3 Å². The van der Waals surface area contributed by atoms with Crippen molar-refractivity contribution in [2.24, 2.45) is 0 Å². The van der Waals surface area contributed by atoms with E-state index in [2.05, 4.69) is 199 Å². The van der Waals surface area contributed by atoms with Gasteiger partial charge < -0.3 is 14.5 Å². The van der Waals surface area contributed by atoms with Crippen molar-refractivity contribution < 1.29 is 4.74 Å². The van der Waals surface area contributed by atoms with E-state index >= 15 is 0 Å². The van der Waals surface area contributed by atoms with Crippen molar-refractivity contribution in [2.75, 3.05) is 21.4 Å². The van der Waals surface area contributed by atoms with Crippen LogP contribution in [0.2, 0.25) is 0 Å². The quantitative estimate of drug-likeness (QED) is 0.174. The minimum absolute atomic E-state index is 0.0375. The monoisotopic (exact) mass is 768 g/mol. The van der Waals surface area contributed by atoms with Gasteiger partial charge in [0.1, 0.15) is 24.0 Å². The minimum atomic E-state index is -0.0375. The lowest BCUT2D eigenvalue weighted by Gasteiger charge is -2.28. The average Bonchev–Trinajstić information content (AvgIpc) is 3.79. The lowest BCUT2D eigenvalue weighted by molar-refractivity contribution is 0.483. The summed E-state index contributed by atoms with van der Waals surface area (Å²) in [6.07, 6.45) is 1.93. The third-order valence-corrected chi connectivity index (χ3v) is 12.6. The van der Waals surface area contributed by atoms with Gasteiger partial charge in [-0.05, 0) is 101 Å². The Kier molecular flexibility index (Phi) is 7.92. The van der Waals surface area contributed by atoms with E-state index in [1.807, 2.05) is 23.6 Å². The van der Waals surface area contributed by atoms with E-state index in [-0.39, 0.29) is 5.41 Å². The summed E-state index contributed by atoms with van der Waals surface area (Å²) in [5.41, 5.74) is 12.5. The molecule has 11 rings (SSSR count). The van der Waals surface area contributed by atoms with Crippen LogP contribution in [0.4, 0.5) is 39.9 Å². The summed E-state index contributed by atoms with van der Waals surface area (Å²) in [5.74, 6) is 2.40. The van der Waals surface area contributed by atoms with E-state index in [9.17, 15) is 0 Å². The van der Waals surface area contributed by atoms with Crippen LogP contribution in [0.5, 0.6) is 11.5 Å². The van der Waals surface area contributed by atoms with Crippen LogP contribution in [0.3, 0.4) is 0 Å². The summed E-state index contributed by atoms with van der Waals surface area (Å²) in [6.45, 7) is 7.42.